The van der Waals surface area contributed by atoms with Gasteiger partial charge in [-0.1, -0.05) is 6.07 Å². The molecule has 130 valence electrons. The van der Waals surface area contributed by atoms with Gasteiger partial charge >= 0.3 is 0 Å². The normalized spacial score (nSPS) is 17.1. The van der Waals surface area contributed by atoms with Crippen molar-refractivity contribution in [2.75, 3.05) is 20.3 Å². The van der Waals surface area contributed by atoms with Crippen molar-refractivity contribution in [3.63, 3.8) is 0 Å². The highest BCUT2D eigenvalue weighted by Crippen LogP contribution is 2.42. The second-order valence-electron chi connectivity index (χ2n) is 6.13. The lowest BCUT2D eigenvalue weighted by atomic mass is 9.89. The zero-order valence-electron chi connectivity index (χ0n) is 13.9. The van der Waals surface area contributed by atoms with Crippen molar-refractivity contribution in [3.8, 4) is 5.75 Å². The largest absolute Gasteiger partial charge is 0.496 e. The standard InChI is InChI=1S/C18H19N3O3S/c1-23-14-3-2-12(11-4-6-24-7-5-11)17-13(14)8-16(20-17)21-18(22)15-9-19-10-25-15/h2-3,9-11H,4-8H2,1H3,(H,20,21,22). The van der Waals surface area contributed by atoms with Crippen LogP contribution < -0.4 is 10.1 Å². The first kappa shape index (κ1) is 16.2. The van der Waals surface area contributed by atoms with Crippen molar-refractivity contribution >= 4 is 28.8 Å². The van der Waals surface area contributed by atoms with Crippen LogP contribution in [0.4, 0.5) is 5.69 Å². The molecule has 0 radical (unpaired) electrons. The molecule has 0 atom stereocenters. The molecule has 1 N–H and O–H groups in total. The van der Waals surface area contributed by atoms with Crippen molar-refractivity contribution in [1.29, 1.82) is 0 Å². The summed E-state index contributed by atoms with van der Waals surface area (Å²) in [5.41, 5.74) is 4.87. The van der Waals surface area contributed by atoms with E-state index in [0.717, 1.165) is 43.1 Å². The molecule has 3 heterocycles. The summed E-state index contributed by atoms with van der Waals surface area (Å²) in [7, 11) is 1.66. The lowest BCUT2D eigenvalue weighted by Gasteiger charge is -2.24. The fourth-order valence-corrected chi connectivity index (χ4v) is 3.92. The molecule has 2 aromatic rings. The highest BCUT2D eigenvalue weighted by molar-refractivity contribution is 7.11. The molecule has 1 fully saturated rings. The highest BCUT2D eigenvalue weighted by atomic mass is 32.1. The Hall–Kier alpha value is -2.25. The molecule has 25 heavy (non-hydrogen) atoms. The van der Waals surface area contributed by atoms with E-state index in [-0.39, 0.29) is 5.91 Å². The summed E-state index contributed by atoms with van der Waals surface area (Å²) >= 11 is 1.32. The van der Waals surface area contributed by atoms with Gasteiger partial charge in [-0.2, -0.15) is 0 Å². The molecule has 1 aromatic carbocycles. The van der Waals surface area contributed by atoms with E-state index in [1.54, 1.807) is 18.8 Å². The predicted octanol–water partition coefficient (Wildman–Crippen LogP) is 3.06. The van der Waals surface area contributed by atoms with Crippen LogP contribution >= 0.6 is 11.3 Å². The Morgan fingerprint density at radius 1 is 1.36 bits per heavy atom. The number of ether oxygens (including phenoxy) is 2. The Morgan fingerprint density at radius 2 is 2.20 bits per heavy atom. The third-order valence-electron chi connectivity index (χ3n) is 4.66. The molecular formula is C18H19N3O3S. The lowest BCUT2D eigenvalue weighted by molar-refractivity contribution is 0.0854. The van der Waals surface area contributed by atoms with Crippen LogP contribution in [0, 0.1) is 0 Å². The van der Waals surface area contributed by atoms with Crippen molar-refractivity contribution < 1.29 is 14.3 Å². The van der Waals surface area contributed by atoms with Crippen LogP contribution in [0.1, 0.15) is 39.6 Å². The molecule has 1 aromatic heterocycles. The number of amides is 1. The van der Waals surface area contributed by atoms with E-state index in [1.807, 2.05) is 6.07 Å². The van der Waals surface area contributed by atoms with Gasteiger partial charge in [0.2, 0.25) is 0 Å². The number of rotatable bonds is 3. The fraction of sp³-hybridized carbons (Fsp3) is 0.389. The quantitative estimate of drug-likeness (QED) is 0.916. The second kappa shape index (κ2) is 6.93. The summed E-state index contributed by atoms with van der Waals surface area (Å²) < 4.78 is 11.0. The van der Waals surface area contributed by atoms with Gasteiger partial charge in [-0.05, 0) is 30.4 Å². The first-order valence-electron chi connectivity index (χ1n) is 8.31. The number of benzene rings is 1. The molecule has 4 rings (SSSR count). The van der Waals surface area contributed by atoms with Crippen LogP contribution in [0.3, 0.4) is 0 Å². The Kier molecular flexibility index (Phi) is 4.50. The fourth-order valence-electron chi connectivity index (χ4n) is 3.40. The minimum absolute atomic E-state index is 0.166. The van der Waals surface area contributed by atoms with Crippen molar-refractivity contribution in [1.82, 2.24) is 10.3 Å². The summed E-state index contributed by atoms with van der Waals surface area (Å²) in [5.74, 6) is 1.75. The average molecular weight is 357 g/mol. The number of nitrogens with one attached hydrogen (secondary N) is 1. The van der Waals surface area contributed by atoms with Crippen LogP contribution in [0.25, 0.3) is 0 Å². The molecular weight excluding hydrogens is 338 g/mol. The number of hydrogen-bond acceptors (Lipinski definition) is 6. The first-order valence-corrected chi connectivity index (χ1v) is 9.19. The predicted molar refractivity (Wildman–Crippen MR) is 96.2 cm³/mol. The highest BCUT2D eigenvalue weighted by Gasteiger charge is 2.27. The summed E-state index contributed by atoms with van der Waals surface area (Å²) in [5, 5.41) is 2.91. The molecule has 0 aliphatic carbocycles. The van der Waals surface area contributed by atoms with Gasteiger partial charge in [-0.15, -0.1) is 11.3 Å². The molecule has 2 aliphatic rings. The average Bonchev–Trinajstić information content (AvgIpc) is 3.31. The zero-order valence-corrected chi connectivity index (χ0v) is 14.8. The van der Waals surface area contributed by atoms with Crippen LogP contribution in [0.5, 0.6) is 5.75 Å². The number of carbonyl (C=O) groups excluding carboxylic acids is 1. The second-order valence-corrected chi connectivity index (χ2v) is 7.01. The Balaban J connectivity index is 1.62. The van der Waals surface area contributed by atoms with Crippen LogP contribution in [-0.2, 0) is 11.2 Å². The van der Waals surface area contributed by atoms with E-state index in [0.29, 0.717) is 23.1 Å². The van der Waals surface area contributed by atoms with Gasteiger partial charge in [0.05, 0.1) is 24.5 Å². The summed E-state index contributed by atoms with van der Waals surface area (Å²) in [6.45, 7) is 1.56. The number of aliphatic imine (C=N–C) groups is 1. The van der Waals surface area contributed by atoms with Crippen molar-refractivity contribution in [2.24, 2.45) is 4.99 Å². The maximum atomic E-state index is 12.3. The summed E-state index contributed by atoms with van der Waals surface area (Å²) in [4.78, 5) is 21.5. The molecule has 1 amide bonds. The molecule has 0 spiro atoms. The van der Waals surface area contributed by atoms with Gasteiger partial charge in [-0.3, -0.25) is 9.78 Å². The monoisotopic (exact) mass is 357 g/mol. The Bertz CT molecular complexity index is 811. The maximum Gasteiger partial charge on any atom is 0.268 e. The van der Waals surface area contributed by atoms with E-state index < -0.39 is 0 Å². The third-order valence-corrected chi connectivity index (χ3v) is 5.43. The van der Waals surface area contributed by atoms with Crippen LogP contribution in [0.15, 0.2) is 28.8 Å². The number of aromatic nitrogens is 1. The minimum Gasteiger partial charge on any atom is -0.496 e. The number of nitrogens with zero attached hydrogens (tertiary/aromatic N) is 2. The van der Waals surface area contributed by atoms with E-state index in [4.69, 9.17) is 14.5 Å². The van der Waals surface area contributed by atoms with E-state index in [2.05, 4.69) is 16.4 Å². The van der Waals surface area contributed by atoms with Gasteiger partial charge in [0.1, 0.15) is 16.5 Å². The maximum absolute atomic E-state index is 12.3. The van der Waals surface area contributed by atoms with Crippen molar-refractivity contribution in [2.45, 2.75) is 25.2 Å². The topological polar surface area (TPSA) is 72.8 Å². The van der Waals surface area contributed by atoms with Gasteiger partial charge in [0.25, 0.3) is 5.91 Å². The van der Waals surface area contributed by atoms with Gasteiger partial charge in [-0.25, -0.2) is 4.99 Å². The number of thiazole rings is 1. The van der Waals surface area contributed by atoms with Gasteiger partial charge < -0.3 is 14.8 Å². The zero-order chi connectivity index (χ0) is 17.2. The molecule has 7 heteroatoms. The van der Waals surface area contributed by atoms with Crippen LogP contribution in [-0.4, -0.2) is 37.1 Å². The van der Waals surface area contributed by atoms with Crippen LogP contribution in [0.2, 0.25) is 0 Å². The summed E-state index contributed by atoms with van der Waals surface area (Å²) in [6.07, 6.45) is 4.13. The van der Waals surface area contributed by atoms with Gasteiger partial charge in [0.15, 0.2) is 0 Å². The molecule has 6 nitrogen and oxygen atoms in total. The molecule has 1 saturated heterocycles. The van der Waals surface area contributed by atoms with Crippen molar-refractivity contribution in [3.05, 3.63) is 39.8 Å². The smallest absolute Gasteiger partial charge is 0.268 e. The van der Waals surface area contributed by atoms with E-state index >= 15 is 0 Å². The number of methoxy groups -OCH3 is 1. The van der Waals surface area contributed by atoms with Gasteiger partial charge in [0, 0.05) is 25.2 Å². The Morgan fingerprint density at radius 3 is 2.92 bits per heavy atom. The lowest BCUT2D eigenvalue weighted by Crippen LogP contribution is -2.29. The van der Waals surface area contributed by atoms with E-state index in [1.165, 1.54) is 16.9 Å². The molecule has 0 unspecified atom stereocenters. The number of carbonyl (C=O) groups is 1. The molecule has 0 saturated carbocycles. The Labute approximate surface area is 149 Å². The number of amidine groups is 1. The first-order chi connectivity index (χ1) is 12.3. The summed E-state index contributed by atoms with van der Waals surface area (Å²) in [6, 6.07) is 4.11. The molecule has 2 aliphatic heterocycles. The minimum atomic E-state index is -0.166. The third kappa shape index (κ3) is 3.17. The van der Waals surface area contributed by atoms with E-state index in [9.17, 15) is 4.79 Å². The number of hydrogen-bond donors (Lipinski definition) is 1. The number of fused-ring (bicyclic) bond motifs is 1. The molecule has 0 bridgehead atoms. The SMILES string of the molecule is COc1ccc(C2CCOCC2)c2c1CC(NC(=O)c1cncs1)=N2.